The highest BCUT2D eigenvalue weighted by Crippen LogP contribution is 2.32. The van der Waals surface area contributed by atoms with E-state index in [9.17, 15) is 9.59 Å². The van der Waals surface area contributed by atoms with E-state index in [0.717, 1.165) is 32.4 Å². The number of rotatable bonds is 5. The van der Waals surface area contributed by atoms with E-state index in [1.165, 1.54) is 32.1 Å². The van der Waals surface area contributed by atoms with Crippen molar-refractivity contribution in [2.75, 3.05) is 13.1 Å². The van der Waals surface area contributed by atoms with Gasteiger partial charge >= 0.3 is 0 Å². The fraction of sp³-hybridized carbons (Fsp3) is 0.882. The van der Waals surface area contributed by atoms with Gasteiger partial charge in [-0.05, 0) is 31.6 Å². The quantitative estimate of drug-likeness (QED) is 0.605. The Hall–Kier alpha value is -1.10. The normalized spacial score (nSPS) is 20.0. The van der Waals surface area contributed by atoms with Gasteiger partial charge in [-0.3, -0.25) is 14.8 Å². The van der Waals surface area contributed by atoms with Crippen molar-refractivity contribution in [2.24, 2.45) is 11.8 Å². The molecule has 1 heterocycles. The molecule has 2 rings (SSSR count). The van der Waals surface area contributed by atoms with Gasteiger partial charge in [0, 0.05) is 25.4 Å². The van der Waals surface area contributed by atoms with Gasteiger partial charge in [0.1, 0.15) is 0 Å². The van der Waals surface area contributed by atoms with Gasteiger partial charge in [-0.15, -0.1) is 0 Å². The Morgan fingerprint density at radius 2 is 1.68 bits per heavy atom. The fourth-order valence-corrected chi connectivity index (χ4v) is 3.56. The van der Waals surface area contributed by atoms with E-state index in [0.29, 0.717) is 5.92 Å². The Morgan fingerprint density at radius 3 is 2.23 bits per heavy atom. The van der Waals surface area contributed by atoms with Crippen LogP contribution in [0.25, 0.3) is 0 Å². The number of likely N-dealkylation sites (tertiary alicyclic amines) is 1. The minimum atomic E-state index is -0.446. The number of nitrogens with zero attached hydrogens (tertiary/aromatic N) is 1. The molecule has 2 aliphatic rings. The second-order valence-electron chi connectivity index (χ2n) is 6.21. The second-order valence-corrected chi connectivity index (χ2v) is 6.21. The maximum atomic E-state index is 12.6. The lowest BCUT2D eigenvalue weighted by atomic mass is 9.89. The van der Waals surface area contributed by atoms with Crippen molar-refractivity contribution >= 4 is 11.8 Å². The molecule has 0 spiro atoms. The van der Waals surface area contributed by atoms with Crippen LogP contribution in [0.1, 0.15) is 71.6 Å². The molecule has 1 aliphatic heterocycles. The maximum Gasteiger partial charge on any atom is 0.244 e. The van der Waals surface area contributed by atoms with E-state index < -0.39 is 5.91 Å². The van der Waals surface area contributed by atoms with Gasteiger partial charge in [-0.1, -0.05) is 39.5 Å². The van der Waals surface area contributed by atoms with Gasteiger partial charge in [0.2, 0.25) is 11.8 Å². The minimum Gasteiger partial charge on any atom is -0.342 e. The van der Waals surface area contributed by atoms with Gasteiger partial charge in [0.15, 0.2) is 0 Å². The first-order valence-corrected chi connectivity index (χ1v) is 8.92. The summed E-state index contributed by atoms with van der Waals surface area (Å²) in [5.74, 6) is -0.0258. The summed E-state index contributed by atoms with van der Waals surface area (Å²) in [7, 11) is 0. The third kappa shape index (κ3) is 5.95. The molecule has 5 nitrogen and oxygen atoms in total. The number of carbonyl (C=O) groups is 2. The fourth-order valence-electron chi connectivity index (χ4n) is 3.56. The van der Waals surface area contributed by atoms with Crippen LogP contribution in [-0.2, 0) is 9.59 Å². The smallest absolute Gasteiger partial charge is 0.244 e. The molecule has 1 aliphatic carbocycles. The molecule has 0 radical (unpaired) electrons. The van der Waals surface area contributed by atoms with Crippen LogP contribution >= 0.6 is 0 Å². The number of hydroxylamine groups is 1. The lowest BCUT2D eigenvalue weighted by Crippen LogP contribution is -2.41. The third-order valence-electron chi connectivity index (χ3n) is 4.67. The van der Waals surface area contributed by atoms with Crippen molar-refractivity contribution in [3.8, 4) is 0 Å². The Morgan fingerprint density at radius 1 is 1.09 bits per heavy atom. The highest BCUT2D eigenvalue weighted by Gasteiger charge is 2.30. The third-order valence-corrected chi connectivity index (χ3v) is 4.67. The predicted molar refractivity (Wildman–Crippen MR) is 86.4 cm³/mol. The molecular weight excluding hydrogens is 280 g/mol. The van der Waals surface area contributed by atoms with Crippen LogP contribution < -0.4 is 5.48 Å². The van der Waals surface area contributed by atoms with Crippen LogP contribution in [0, 0.1) is 11.8 Å². The summed E-state index contributed by atoms with van der Waals surface area (Å²) in [6, 6.07) is 0. The molecule has 2 N–H and O–H groups in total. The topological polar surface area (TPSA) is 69.6 Å². The van der Waals surface area contributed by atoms with Crippen molar-refractivity contribution < 1.29 is 14.8 Å². The first-order chi connectivity index (χ1) is 10.7. The summed E-state index contributed by atoms with van der Waals surface area (Å²) < 4.78 is 0. The highest BCUT2D eigenvalue weighted by atomic mass is 16.5. The van der Waals surface area contributed by atoms with Gasteiger partial charge in [0.05, 0.1) is 0 Å². The Kier molecular flexibility index (Phi) is 9.13. The molecule has 1 atom stereocenters. The van der Waals surface area contributed by atoms with Crippen LogP contribution in [-0.4, -0.2) is 35.0 Å². The molecule has 22 heavy (non-hydrogen) atoms. The molecule has 0 aromatic heterocycles. The van der Waals surface area contributed by atoms with Gasteiger partial charge in [0.25, 0.3) is 0 Å². The molecular formula is C17H32N2O3. The summed E-state index contributed by atoms with van der Waals surface area (Å²) in [6.45, 7) is 5.64. The summed E-state index contributed by atoms with van der Waals surface area (Å²) in [5.41, 5.74) is 1.67. The molecule has 0 bridgehead atoms. The van der Waals surface area contributed by atoms with Crippen molar-refractivity contribution in [3.63, 3.8) is 0 Å². The van der Waals surface area contributed by atoms with Crippen LogP contribution in [0.5, 0.6) is 0 Å². The zero-order valence-corrected chi connectivity index (χ0v) is 14.1. The molecule has 0 aromatic carbocycles. The predicted octanol–water partition coefficient (Wildman–Crippen LogP) is 3.12. The van der Waals surface area contributed by atoms with Crippen molar-refractivity contribution in [3.05, 3.63) is 0 Å². The molecule has 2 amide bonds. The van der Waals surface area contributed by atoms with Crippen molar-refractivity contribution in [1.29, 1.82) is 0 Å². The van der Waals surface area contributed by atoms with Gasteiger partial charge in [-0.25, -0.2) is 5.48 Å². The number of hydrogen-bond acceptors (Lipinski definition) is 3. The first kappa shape index (κ1) is 18.9. The van der Waals surface area contributed by atoms with Crippen LogP contribution in [0.15, 0.2) is 0 Å². The second kappa shape index (κ2) is 10.6. The van der Waals surface area contributed by atoms with E-state index in [4.69, 9.17) is 5.21 Å². The number of nitrogens with one attached hydrogen (secondary N) is 1. The average Bonchev–Trinajstić information content (AvgIpc) is 3.09. The van der Waals surface area contributed by atoms with E-state index in [2.05, 4.69) is 0 Å². The van der Waals surface area contributed by atoms with Crippen LogP contribution in [0.3, 0.4) is 0 Å². The summed E-state index contributed by atoms with van der Waals surface area (Å²) in [4.78, 5) is 26.0. The van der Waals surface area contributed by atoms with E-state index in [1.807, 2.05) is 18.7 Å². The first-order valence-electron chi connectivity index (χ1n) is 8.92. The van der Waals surface area contributed by atoms with E-state index >= 15 is 0 Å². The molecule has 1 saturated carbocycles. The van der Waals surface area contributed by atoms with Crippen LogP contribution in [0.4, 0.5) is 0 Å². The molecule has 2 fully saturated rings. The lowest BCUT2D eigenvalue weighted by Gasteiger charge is -2.31. The largest absolute Gasteiger partial charge is 0.342 e. The monoisotopic (exact) mass is 312 g/mol. The maximum absolute atomic E-state index is 12.6. The Bertz CT molecular complexity index is 335. The van der Waals surface area contributed by atoms with Crippen LogP contribution in [0.2, 0.25) is 0 Å². The Labute approximate surface area is 134 Å². The Balaban J connectivity index is 0.00000116. The number of hydrogen-bond donors (Lipinski definition) is 2. The number of amides is 2. The highest BCUT2D eigenvalue weighted by molar-refractivity contribution is 5.85. The molecule has 1 saturated heterocycles. The lowest BCUT2D eigenvalue weighted by molar-refractivity contribution is -0.141. The van der Waals surface area contributed by atoms with Gasteiger partial charge < -0.3 is 4.90 Å². The van der Waals surface area contributed by atoms with Crippen molar-refractivity contribution in [2.45, 2.75) is 71.6 Å². The summed E-state index contributed by atoms with van der Waals surface area (Å²) >= 11 is 0. The number of carbonyl (C=O) groups excluding carboxylic acids is 2. The zero-order valence-electron chi connectivity index (χ0n) is 14.1. The molecule has 0 unspecified atom stereocenters. The number of piperidine rings is 1. The molecule has 5 heteroatoms. The van der Waals surface area contributed by atoms with E-state index in [-0.39, 0.29) is 18.2 Å². The molecule has 128 valence electrons. The zero-order chi connectivity index (χ0) is 16.4. The summed E-state index contributed by atoms with van der Waals surface area (Å²) in [6.07, 6.45) is 9.04. The molecule has 0 aromatic rings. The van der Waals surface area contributed by atoms with Crippen molar-refractivity contribution in [1.82, 2.24) is 10.4 Å². The van der Waals surface area contributed by atoms with Gasteiger partial charge in [-0.2, -0.15) is 0 Å². The van der Waals surface area contributed by atoms with E-state index in [1.54, 1.807) is 5.48 Å². The SMILES string of the molecule is CC.O=C(C[C@@H](CC1CCCC1)C(=O)N1CCCCC1)NO. The summed E-state index contributed by atoms with van der Waals surface area (Å²) in [5, 5.41) is 8.71. The standard InChI is InChI=1S/C15H26N2O3.C2H6/c18-14(16-20)11-13(10-12-6-2-3-7-12)15(19)17-8-4-1-5-9-17;1-2/h12-13,20H,1-11H2,(H,16,18);1-2H3/t13-;/m1./s1. The average molecular weight is 312 g/mol. The minimum absolute atomic E-state index is 0.111.